The third kappa shape index (κ3) is 5.77. The first-order valence-corrected chi connectivity index (χ1v) is 21.2. The second-order valence-electron chi connectivity index (χ2n) is 15.2. The summed E-state index contributed by atoms with van der Waals surface area (Å²) >= 11 is -2.74. The van der Waals surface area contributed by atoms with Crippen molar-refractivity contribution in [1.29, 1.82) is 0 Å². The van der Waals surface area contributed by atoms with Crippen LogP contribution >= 0.6 is 0 Å². The molecule has 1 unspecified atom stereocenters. The van der Waals surface area contributed by atoms with Crippen LogP contribution in [0.5, 0.6) is 0 Å². The quantitative estimate of drug-likeness (QED) is 0.257. The van der Waals surface area contributed by atoms with Crippen molar-refractivity contribution in [1.82, 2.24) is 0 Å². The normalized spacial score (nSPS) is 25.8. The van der Waals surface area contributed by atoms with Crippen molar-refractivity contribution < 1.29 is 46.1 Å². The minimum atomic E-state index is -2.74. The SMILES string of the molecule is Cc1ccc([C](c2ccc(C)cc2)=[Zr+2]([C]2=CC(C3C4CC5CC(C4)CC3C5)=CC2C)[c]2cccc3c2Cc2ccccc2-3)cc1.[Cl-].[Cl-]. The molecule has 6 aliphatic carbocycles. The Bertz CT molecular complexity index is 1830. The van der Waals surface area contributed by atoms with E-state index in [0.29, 0.717) is 5.92 Å². The summed E-state index contributed by atoms with van der Waals surface area (Å²) in [5, 5.41) is 0. The predicted octanol–water partition coefficient (Wildman–Crippen LogP) is 3.93. The zero-order chi connectivity index (χ0) is 30.2. The van der Waals surface area contributed by atoms with E-state index < -0.39 is 21.3 Å². The van der Waals surface area contributed by atoms with Crippen LogP contribution < -0.4 is 28.1 Å². The molecular formula is C44H44Cl2Zr. The minimum Gasteiger partial charge on any atom is -1.00 e. The van der Waals surface area contributed by atoms with Gasteiger partial charge in [0.1, 0.15) is 0 Å². The Labute approximate surface area is 301 Å². The number of fused-ring (bicyclic) bond motifs is 3. The van der Waals surface area contributed by atoms with Crippen LogP contribution in [0.2, 0.25) is 0 Å². The van der Waals surface area contributed by atoms with Gasteiger partial charge in [0.05, 0.1) is 0 Å². The summed E-state index contributed by atoms with van der Waals surface area (Å²) in [5.74, 6) is 5.21. The first-order chi connectivity index (χ1) is 22.0. The molecule has 4 aromatic rings. The van der Waals surface area contributed by atoms with E-state index in [4.69, 9.17) is 0 Å². The molecule has 47 heavy (non-hydrogen) atoms. The minimum absolute atomic E-state index is 0. The zero-order valence-electron chi connectivity index (χ0n) is 27.8. The summed E-state index contributed by atoms with van der Waals surface area (Å²) < 4.78 is 5.14. The zero-order valence-corrected chi connectivity index (χ0v) is 31.7. The van der Waals surface area contributed by atoms with Gasteiger partial charge in [0, 0.05) is 0 Å². The molecule has 1 atom stereocenters. The van der Waals surface area contributed by atoms with Gasteiger partial charge in [-0.15, -0.1) is 0 Å². The van der Waals surface area contributed by atoms with Crippen molar-refractivity contribution in [2.24, 2.45) is 35.5 Å². The van der Waals surface area contributed by atoms with Crippen molar-refractivity contribution in [3.05, 3.63) is 145 Å². The number of allylic oxidation sites excluding steroid dienone is 4. The topological polar surface area (TPSA) is 0 Å². The Morgan fingerprint density at radius 3 is 1.83 bits per heavy atom. The van der Waals surface area contributed by atoms with E-state index in [1.54, 1.807) is 20.9 Å². The first-order valence-electron chi connectivity index (χ1n) is 17.5. The maximum Gasteiger partial charge on any atom is -1.00 e. The molecule has 0 aromatic heterocycles. The molecule has 6 aliphatic rings. The third-order valence-electron chi connectivity index (χ3n) is 12.2. The van der Waals surface area contributed by atoms with Gasteiger partial charge in [0.15, 0.2) is 0 Å². The number of benzene rings is 4. The van der Waals surface area contributed by atoms with E-state index in [1.807, 2.05) is 0 Å². The Morgan fingerprint density at radius 1 is 0.638 bits per heavy atom. The molecule has 0 amide bonds. The van der Waals surface area contributed by atoms with Gasteiger partial charge in [0.25, 0.3) is 0 Å². The molecular weight excluding hydrogens is 691 g/mol. The monoisotopic (exact) mass is 732 g/mol. The molecule has 0 nitrogen and oxygen atoms in total. The van der Waals surface area contributed by atoms with Crippen LogP contribution in [-0.4, -0.2) is 3.21 Å². The fraction of sp³-hybridized carbons (Fsp3) is 0.341. The Hall–Kier alpha value is -2.31. The predicted molar refractivity (Wildman–Crippen MR) is 186 cm³/mol. The molecule has 0 radical (unpaired) electrons. The van der Waals surface area contributed by atoms with Gasteiger partial charge in [-0.2, -0.15) is 0 Å². The molecule has 0 heterocycles. The van der Waals surface area contributed by atoms with Crippen molar-refractivity contribution >= 4 is 6.48 Å². The van der Waals surface area contributed by atoms with E-state index in [0.717, 1.165) is 36.0 Å². The first kappa shape index (κ1) is 33.2. The van der Waals surface area contributed by atoms with Gasteiger partial charge >= 0.3 is 279 Å². The number of rotatable bonds is 5. The second-order valence-corrected chi connectivity index (χ2v) is 21.0. The van der Waals surface area contributed by atoms with Crippen LogP contribution in [0.1, 0.15) is 72.4 Å². The van der Waals surface area contributed by atoms with Gasteiger partial charge in [0.2, 0.25) is 0 Å². The van der Waals surface area contributed by atoms with Crippen LogP contribution in [0, 0.1) is 49.4 Å². The van der Waals surface area contributed by atoms with Gasteiger partial charge in [-0.1, -0.05) is 0 Å². The maximum absolute atomic E-state index is 2.82. The molecule has 10 rings (SSSR count). The van der Waals surface area contributed by atoms with Crippen LogP contribution in [-0.2, 0) is 27.7 Å². The standard InChI is InChI=1S/C16H21.C15H14.C13H9.2ClH.Zr/c1-10-2-3-13(4-10)16-14-6-11-5-12(8-14)9-15(16)7-11;1-12-3-7-14(8-4-12)11-15-9-5-13(2)6-10-15;1-3-7-12-10(5-1)9-11-6-2-4-8-13(11)12;;;/h3-4,10-12,14-16H,5-9H2,1H3;3-10H,1-2H3;1-5,7-8H,9H2;2*1H;/q;;;;;+2/p-2. The Morgan fingerprint density at radius 2 is 1.21 bits per heavy atom. The summed E-state index contributed by atoms with van der Waals surface area (Å²) in [4.78, 5) is 0. The Kier molecular flexibility index (Phi) is 9.32. The molecule has 0 N–H and O–H groups in total. The molecule has 4 saturated carbocycles. The van der Waals surface area contributed by atoms with Gasteiger partial charge in [-0.05, 0) is 0 Å². The number of aryl methyl sites for hydroxylation is 2. The van der Waals surface area contributed by atoms with E-state index in [2.05, 4.69) is 124 Å². The third-order valence-corrected chi connectivity index (χ3v) is 20.2. The summed E-state index contributed by atoms with van der Waals surface area (Å²) in [7, 11) is 0. The molecule has 0 aliphatic heterocycles. The van der Waals surface area contributed by atoms with Crippen LogP contribution in [0.15, 0.2) is 112 Å². The van der Waals surface area contributed by atoms with E-state index in [9.17, 15) is 0 Å². The molecule has 238 valence electrons. The summed E-state index contributed by atoms with van der Waals surface area (Å²) in [6.07, 6.45) is 14.1. The van der Waals surface area contributed by atoms with E-state index in [1.165, 1.54) is 71.0 Å². The second kappa shape index (κ2) is 13.2. The van der Waals surface area contributed by atoms with Crippen LogP contribution in [0.3, 0.4) is 0 Å². The molecule has 4 bridgehead atoms. The number of hydrogen-bond donors (Lipinski definition) is 0. The molecule has 0 spiro atoms. The van der Waals surface area contributed by atoms with Crippen molar-refractivity contribution in [3.8, 4) is 11.1 Å². The Balaban J connectivity index is 0.00000176. The molecule has 4 aromatic carbocycles. The fourth-order valence-electron chi connectivity index (χ4n) is 10.4. The van der Waals surface area contributed by atoms with E-state index >= 15 is 0 Å². The largest absolute Gasteiger partial charge is 1.00 e. The van der Waals surface area contributed by atoms with Crippen molar-refractivity contribution in [2.45, 2.75) is 59.3 Å². The van der Waals surface area contributed by atoms with Gasteiger partial charge in [-0.3, -0.25) is 0 Å². The maximum atomic E-state index is 2.82. The van der Waals surface area contributed by atoms with Crippen molar-refractivity contribution in [2.75, 3.05) is 0 Å². The smallest absolute Gasteiger partial charge is 1.00 e. The molecule has 0 saturated heterocycles. The van der Waals surface area contributed by atoms with Crippen LogP contribution in [0.4, 0.5) is 0 Å². The van der Waals surface area contributed by atoms with Crippen LogP contribution in [0.25, 0.3) is 11.1 Å². The average Bonchev–Trinajstić information content (AvgIpc) is 3.61. The fourth-order valence-corrected chi connectivity index (χ4v) is 18.8. The number of hydrogen-bond acceptors (Lipinski definition) is 0. The van der Waals surface area contributed by atoms with Gasteiger partial charge in [-0.25, -0.2) is 0 Å². The average molecular weight is 735 g/mol. The summed E-state index contributed by atoms with van der Waals surface area (Å²) in [6, 6.07) is 35.5. The summed E-state index contributed by atoms with van der Waals surface area (Å²) in [6.45, 7) is 6.98. The molecule has 4 fully saturated rings. The summed E-state index contributed by atoms with van der Waals surface area (Å²) in [5.41, 5.74) is 13.3. The van der Waals surface area contributed by atoms with Crippen molar-refractivity contribution in [3.63, 3.8) is 0 Å². The van der Waals surface area contributed by atoms with E-state index in [-0.39, 0.29) is 24.8 Å². The number of halogens is 2. The molecule has 3 heteroatoms. The van der Waals surface area contributed by atoms with Gasteiger partial charge < -0.3 is 24.8 Å².